The molecule has 0 N–H and O–H groups in total. The molecule has 0 atom stereocenters. The third kappa shape index (κ3) is 3.95. The number of hydrogen-bond acceptors (Lipinski definition) is 4. The van der Waals surface area contributed by atoms with E-state index in [4.69, 9.17) is 4.42 Å². The molecule has 4 rings (SSSR count). The van der Waals surface area contributed by atoms with Crippen molar-refractivity contribution in [3.63, 3.8) is 0 Å². The third-order valence-corrected chi connectivity index (χ3v) is 5.48. The van der Waals surface area contributed by atoms with Crippen LogP contribution in [0, 0.1) is 0 Å². The zero-order valence-electron chi connectivity index (χ0n) is 14.8. The smallest absolute Gasteiger partial charge is 0.254 e. The van der Waals surface area contributed by atoms with E-state index >= 15 is 0 Å². The summed E-state index contributed by atoms with van der Waals surface area (Å²) in [5, 5.41) is 2.00. The van der Waals surface area contributed by atoms with E-state index < -0.39 is 0 Å². The maximum Gasteiger partial charge on any atom is 0.254 e. The van der Waals surface area contributed by atoms with Crippen LogP contribution in [0.25, 0.3) is 0 Å². The van der Waals surface area contributed by atoms with Gasteiger partial charge in [0.25, 0.3) is 5.91 Å². The first-order valence-electron chi connectivity index (χ1n) is 8.95. The molecule has 0 radical (unpaired) electrons. The molecule has 0 aliphatic carbocycles. The van der Waals surface area contributed by atoms with Crippen molar-refractivity contribution in [2.45, 2.75) is 25.9 Å². The Morgan fingerprint density at radius 1 is 1.15 bits per heavy atom. The minimum absolute atomic E-state index is 0.0757. The summed E-state index contributed by atoms with van der Waals surface area (Å²) in [6.07, 6.45) is 3.05. The second kappa shape index (κ2) is 7.80. The third-order valence-electron chi connectivity index (χ3n) is 4.62. The maximum atomic E-state index is 13.2. The molecule has 1 aliphatic rings. The van der Waals surface area contributed by atoms with Gasteiger partial charge in [-0.05, 0) is 48.2 Å². The van der Waals surface area contributed by atoms with E-state index in [0.717, 1.165) is 22.7 Å². The van der Waals surface area contributed by atoms with Crippen molar-refractivity contribution in [3.05, 3.63) is 76.4 Å². The van der Waals surface area contributed by atoms with Crippen LogP contribution in [0.5, 0.6) is 0 Å². The van der Waals surface area contributed by atoms with Crippen molar-refractivity contribution in [1.29, 1.82) is 0 Å². The van der Waals surface area contributed by atoms with Gasteiger partial charge >= 0.3 is 0 Å². The van der Waals surface area contributed by atoms with Crippen molar-refractivity contribution < 1.29 is 14.0 Å². The number of anilines is 1. The van der Waals surface area contributed by atoms with Crippen molar-refractivity contribution >= 4 is 28.8 Å². The highest BCUT2D eigenvalue weighted by Crippen LogP contribution is 2.24. The normalized spacial score (nSPS) is 13.9. The van der Waals surface area contributed by atoms with E-state index in [-0.39, 0.29) is 11.8 Å². The Labute approximate surface area is 161 Å². The monoisotopic (exact) mass is 380 g/mol. The van der Waals surface area contributed by atoms with Gasteiger partial charge in [0, 0.05) is 29.1 Å². The van der Waals surface area contributed by atoms with E-state index in [0.29, 0.717) is 31.6 Å². The van der Waals surface area contributed by atoms with Crippen LogP contribution in [0.1, 0.15) is 33.8 Å². The zero-order valence-corrected chi connectivity index (χ0v) is 15.7. The number of amides is 2. The Balaban J connectivity index is 1.59. The molecule has 2 amide bonds. The summed E-state index contributed by atoms with van der Waals surface area (Å²) in [6, 6.07) is 15.0. The van der Waals surface area contributed by atoms with Gasteiger partial charge in [0.2, 0.25) is 5.91 Å². The summed E-state index contributed by atoms with van der Waals surface area (Å²) in [5.74, 6) is 0.782. The first-order valence-corrected chi connectivity index (χ1v) is 9.83. The van der Waals surface area contributed by atoms with Crippen LogP contribution < -0.4 is 4.90 Å². The fourth-order valence-electron chi connectivity index (χ4n) is 3.29. The van der Waals surface area contributed by atoms with Crippen molar-refractivity contribution in [2.75, 3.05) is 11.4 Å². The predicted molar refractivity (Wildman–Crippen MR) is 105 cm³/mol. The molecule has 1 fully saturated rings. The molecular weight excluding hydrogens is 360 g/mol. The number of rotatable bonds is 6. The van der Waals surface area contributed by atoms with Crippen LogP contribution in [0.4, 0.5) is 5.69 Å². The zero-order chi connectivity index (χ0) is 18.6. The van der Waals surface area contributed by atoms with Crippen LogP contribution in [0.15, 0.2) is 64.6 Å². The van der Waals surface area contributed by atoms with Gasteiger partial charge in [-0.15, -0.1) is 11.3 Å². The molecule has 0 unspecified atom stereocenters. The molecule has 0 bridgehead atoms. The maximum absolute atomic E-state index is 13.2. The van der Waals surface area contributed by atoms with E-state index in [1.165, 1.54) is 0 Å². The van der Waals surface area contributed by atoms with Gasteiger partial charge in [0.15, 0.2) is 0 Å². The Kier molecular flexibility index (Phi) is 5.07. The number of benzene rings is 1. The highest BCUT2D eigenvalue weighted by molar-refractivity contribution is 7.09. The molecule has 0 spiro atoms. The minimum atomic E-state index is -0.0757. The second-order valence-electron chi connectivity index (χ2n) is 6.52. The predicted octanol–water partition coefficient (Wildman–Crippen LogP) is 4.31. The fourth-order valence-corrected chi connectivity index (χ4v) is 4.01. The van der Waals surface area contributed by atoms with Crippen molar-refractivity contribution in [2.24, 2.45) is 0 Å². The molecule has 5 nitrogen and oxygen atoms in total. The van der Waals surface area contributed by atoms with E-state index in [9.17, 15) is 9.59 Å². The van der Waals surface area contributed by atoms with Gasteiger partial charge in [-0.1, -0.05) is 12.1 Å². The van der Waals surface area contributed by atoms with E-state index in [1.807, 2.05) is 47.8 Å². The number of furan rings is 1. The van der Waals surface area contributed by atoms with Crippen LogP contribution in [0.2, 0.25) is 0 Å². The number of hydrogen-bond donors (Lipinski definition) is 0. The van der Waals surface area contributed by atoms with Crippen molar-refractivity contribution in [1.82, 2.24) is 4.90 Å². The molecule has 0 saturated carbocycles. The number of nitrogens with zero attached hydrogens (tertiary/aromatic N) is 2. The Morgan fingerprint density at radius 3 is 2.78 bits per heavy atom. The standard InChI is InChI=1S/C21H20N2O3S/c24-20-9-2-10-23(20)17-6-1-5-16(13-17)21(25)22(14-18-7-3-11-26-18)15-19-8-4-12-27-19/h1,3-8,11-13H,2,9-10,14-15H2. The first kappa shape index (κ1) is 17.5. The van der Waals surface area contributed by atoms with Gasteiger partial charge in [-0.3, -0.25) is 9.59 Å². The van der Waals surface area contributed by atoms with Gasteiger partial charge in [0.1, 0.15) is 5.76 Å². The lowest BCUT2D eigenvalue weighted by atomic mass is 10.1. The lowest BCUT2D eigenvalue weighted by Crippen LogP contribution is -2.30. The minimum Gasteiger partial charge on any atom is -0.467 e. The molecule has 3 aromatic rings. The Morgan fingerprint density at radius 2 is 2.07 bits per heavy atom. The van der Waals surface area contributed by atoms with E-state index in [2.05, 4.69) is 0 Å². The first-order chi connectivity index (χ1) is 13.2. The topological polar surface area (TPSA) is 53.8 Å². The molecule has 6 heteroatoms. The second-order valence-corrected chi connectivity index (χ2v) is 7.55. The average Bonchev–Trinajstić information content (AvgIpc) is 3.44. The summed E-state index contributed by atoms with van der Waals surface area (Å²) in [6.45, 7) is 1.63. The van der Waals surface area contributed by atoms with Crippen LogP contribution in [-0.4, -0.2) is 23.3 Å². The van der Waals surface area contributed by atoms with Crippen LogP contribution in [0.3, 0.4) is 0 Å². The lowest BCUT2D eigenvalue weighted by molar-refractivity contribution is -0.117. The summed E-state index contributed by atoms with van der Waals surface area (Å²) < 4.78 is 5.44. The van der Waals surface area contributed by atoms with Gasteiger partial charge in [-0.2, -0.15) is 0 Å². The fraction of sp³-hybridized carbons (Fsp3) is 0.238. The molecule has 3 heterocycles. The number of carbonyl (C=O) groups excluding carboxylic acids is 2. The molecule has 27 heavy (non-hydrogen) atoms. The summed E-state index contributed by atoms with van der Waals surface area (Å²) >= 11 is 1.62. The highest BCUT2D eigenvalue weighted by atomic mass is 32.1. The van der Waals surface area contributed by atoms with E-state index in [1.54, 1.807) is 33.5 Å². The summed E-state index contributed by atoms with van der Waals surface area (Å²) in [5.41, 5.74) is 1.37. The van der Waals surface area contributed by atoms with Gasteiger partial charge < -0.3 is 14.2 Å². The number of thiophene rings is 1. The molecule has 1 saturated heterocycles. The van der Waals surface area contributed by atoms with Crippen molar-refractivity contribution in [3.8, 4) is 0 Å². The lowest BCUT2D eigenvalue weighted by Gasteiger charge is -2.22. The van der Waals surface area contributed by atoms with Gasteiger partial charge in [0.05, 0.1) is 19.4 Å². The molecular formula is C21H20N2O3S. The SMILES string of the molecule is O=C(c1cccc(N2CCCC2=O)c1)N(Cc1ccco1)Cc1cccs1. The molecule has 1 aliphatic heterocycles. The summed E-state index contributed by atoms with van der Waals surface area (Å²) in [4.78, 5) is 29.9. The molecule has 2 aromatic heterocycles. The Bertz CT molecular complexity index is 883. The Hall–Kier alpha value is -2.86. The molecule has 138 valence electrons. The highest BCUT2D eigenvalue weighted by Gasteiger charge is 2.24. The van der Waals surface area contributed by atoms with Crippen LogP contribution in [-0.2, 0) is 17.9 Å². The molecule has 1 aromatic carbocycles. The summed E-state index contributed by atoms with van der Waals surface area (Å²) in [7, 11) is 0. The quantitative estimate of drug-likeness (QED) is 0.640. The van der Waals surface area contributed by atoms with Crippen LogP contribution >= 0.6 is 11.3 Å². The number of carbonyl (C=O) groups is 2. The largest absolute Gasteiger partial charge is 0.467 e. The van der Waals surface area contributed by atoms with Gasteiger partial charge in [-0.25, -0.2) is 0 Å². The average molecular weight is 380 g/mol.